The van der Waals surface area contributed by atoms with Gasteiger partial charge in [-0.2, -0.15) is 21.2 Å². The zero-order valence-electron chi connectivity index (χ0n) is 22.5. The molecule has 4 aromatic rings. The molecule has 0 atom stereocenters. The molecule has 4 rings (SSSR count). The molecule has 0 aliphatic rings. The Morgan fingerprint density at radius 2 is 1.51 bits per heavy atom. The van der Waals surface area contributed by atoms with E-state index in [0.29, 0.717) is 12.1 Å². The minimum absolute atomic E-state index is 0.0315. The topological polar surface area (TPSA) is 300 Å². The minimum Gasteiger partial charge on any atom is -0.350 e. The number of nitro groups is 2. The first-order valence-corrected chi connectivity index (χ1v) is 15.5. The fraction of sp³-hybridized carbons (Fsp3) is 0. The number of benzene rings is 4. The molecular weight excluding hydrogens is 699 g/mol. The predicted molar refractivity (Wildman–Crippen MR) is 158 cm³/mol. The Balaban J connectivity index is 1.82. The van der Waals surface area contributed by atoms with Gasteiger partial charge in [0.15, 0.2) is 0 Å². The van der Waals surface area contributed by atoms with Crippen molar-refractivity contribution in [3.05, 3.63) is 80.6 Å². The van der Waals surface area contributed by atoms with Crippen molar-refractivity contribution in [2.75, 3.05) is 10.6 Å². The second-order valence-electron chi connectivity index (χ2n) is 8.79. The Labute approximate surface area is 264 Å². The van der Waals surface area contributed by atoms with E-state index in [1.807, 2.05) is 0 Å². The molecule has 20 nitrogen and oxygen atoms in total. The van der Waals surface area contributed by atoms with Gasteiger partial charge in [-0.3, -0.25) is 34.1 Å². The summed E-state index contributed by atoms with van der Waals surface area (Å²) in [4.78, 5) is 29.8. The molecule has 24 heteroatoms. The van der Waals surface area contributed by atoms with Crippen LogP contribution in [0.1, 0.15) is 0 Å². The van der Waals surface area contributed by atoms with E-state index in [2.05, 4.69) is 30.2 Å². The number of nitrogens with one attached hydrogen (secondary N) is 2. The largest absolute Gasteiger partial charge is 0.350 e. The SMILES string of the molecule is O=CNc1cc(Nc2cc(F)c([N+](=O)[O-])cc2[N+](=O)[O-])ccc1N=Nc1cc2c(S(=O)(=O)O)cc(SOOO)cc2cc1S(=O)(=O)O. The third-order valence-electron chi connectivity index (χ3n) is 5.90. The Bertz CT molecular complexity index is 2200. The minimum atomic E-state index is -5.07. The number of hydrogen-bond acceptors (Lipinski definition) is 16. The highest BCUT2D eigenvalue weighted by Crippen LogP contribution is 2.39. The van der Waals surface area contributed by atoms with Crippen LogP contribution in [0, 0.1) is 26.0 Å². The van der Waals surface area contributed by atoms with Gasteiger partial charge in [-0.25, -0.2) is 5.26 Å². The lowest BCUT2D eigenvalue weighted by molar-refractivity contribution is -0.432. The fourth-order valence-electron chi connectivity index (χ4n) is 4.00. The van der Waals surface area contributed by atoms with Crippen LogP contribution in [0.15, 0.2) is 79.5 Å². The maximum atomic E-state index is 14.2. The molecule has 47 heavy (non-hydrogen) atoms. The molecule has 0 saturated carbocycles. The summed E-state index contributed by atoms with van der Waals surface area (Å²) in [5.41, 5.74) is -3.54. The summed E-state index contributed by atoms with van der Waals surface area (Å²) in [6.45, 7) is 0. The van der Waals surface area contributed by atoms with Crippen LogP contribution < -0.4 is 10.6 Å². The summed E-state index contributed by atoms with van der Waals surface area (Å²) in [6, 6.07) is 8.09. The molecule has 0 radical (unpaired) electrons. The van der Waals surface area contributed by atoms with Crippen molar-refractivity contribution in [3.63, 3.8) is 0 Å². The van der Waals surface area contributed by atoms with Gasteiger partial charge in [-0.1, -0.05) is 5.04 Å². The van der Waals surface area contributed by atoms with Gasteiger partial charge in [0.2, 0.25) is 12.2 Å². The first-order chi connectivity index (χ1) is 22.0. The Hall–Kier alpha value is -5.21. The number of carbonyl (C=O) groups is 1. The average Bonchev–Trinajstić information content (AvgIpc) is 2.97. The molecule has 4 aromatic carbocycles. The second-order valence-corrected chi connectivity index (χ2v) is 12.3. The zero-order chi connectivity index (χ0) is 34.7. The molecule has 0 aliphatic carbocycles. The lowest BCUT2D eigenvalue weighted by Crippen LogP contribution is -2.02. The maximum absolute atomic E-state index is 14.2. The van der Waals surface area contributed by atoms with Gasteiger partial charge in [-0.05, 0) is 47.9 Å². The van der Waals surface area contributed by atoms with Crippen LogP contribution in [0.2, 0.25) is 0 Å². The van der Waals surface area contributed by atoms with Gasteiger partial charge in [0.25, 0.3) is 25.9 Å². The van der Waals surface area contributed by atoms with Crippen molar-refractivity contribution < 1.29 is 59.6 Å². The number of halogens is 1. The normalized spacial score (nSPS) is 11.9. The molecule has 0 saturated heterocycles. The highest BCUT2D eigenvalue weighted by atomic mass is 32.2. The molecule has 0 aliphatic heterocycles. The zero-order valence-corrected chi connectivity index (χ0v) is 24.9. The van der Waals surface area contributed by atoms with E-state index in [4.69, 9.17) is 5.26 Å². The van der Waals surface area contributed by atoms with Crippen molar-refractivity contribution in [2.24, 2.45) is 10.2 Å². The summed E-state index contributed by atoms with van der Waals surface area (Å²) in [7, 11) is -10.1. The van der Waals surface area contributed by atoms with E-state index >= 15 is 0 Å². The first-order valence-electron chi connectivity index (χ1n) is 11.9. The molecule has 0 aromatic heterocycles. The summed E-state index contributed by atoms with van der Waals surface area (Å²) in [5.74, 6) is -1.38. The quantitative estimate of drug-likeness (QED) is 0.0219. The van der Waals surface area contributed by atoms with Crippen LogP contribution in [-0.4, -0.2) is 47.5 Å². The lowest BCUT2D eigenvalue weighted by atomic mass is 10.1. The highest BCUT2D eigenvalue weighted by molar-refractivity contribution is 7.94. The lowest BCUT2D eigenvalue weighted by Gasteiger charge is -2.11. The van der Waals surface area contributed by atoms with Crippen molar-refractivity contribution in [1.82, 2.24) is 0 Å². The Morgan fingerprint density at radius 3 is 2.11 bits per heavy atom. The van der Waals surface area contributed by atoms with E-state index in [9.17, 15) is 55.4 Å². The van der Waals surface area contributed by atoms with Crippen LogP contribution in [0.3, 0.4) is 0 Å². The van der Waals surface area contributed by atoms with Gasteiger partial charge in [0.05, 0.1) is 33.6 Å². The smallest absolute Gasteiger partial charge is 0.311 e. The number of rotatable bonds is 13. The molecule has 0 bridgehead atoms. The molecule has 5 N–H and O–H groups in total. The van der Waals surface area contributed by atoms with Crippen LogP contribution in [0.4, 0.5) is 44.2 Å². The van der Waals surface area contributed by atoms with Gasteiger partial charge in [0, 0.05) is 22.0 Å². The van der Waals surface area contributed by atoms with Crippen LogP contribution >= 0.6 is 12.0 Å². The first kappa shape index (κ1) is 34.7. The number of azo groups is 1. The summed E-state index contributed by atoms with van der Waals surface area (Å²) >= 11 is 0.282. The fourth-order valence-corrected chi connectivity index (χ4v) is 5.90. The highest BCUT2D eigenvalue weighted by Gasteiger charge is 2.26. The van der Waals surface area contributed by atoms with Crippen LogP contribution in [0.5, 0.6) is 0 Å². The second kappa shape index (κ2) is 13.6. The van der Waals surface area contributed by atoms with Crippen LogP contribution in [-0.2, 0) is 34.4 Å². The van der Waals surface area contributed by atoms with E-state index < -0.39 is 68.4 Å². The number of nitro benzene ring substituents is 2. The van der Waals surface area contributed by atoms with Crippen molar-refractivity contribution in [2.45, 2.75) is 14.7 Å². The van der Waals surface area contributed by atoms with E-state index in [1.54, 1.807) is 0 Å². The summed E-state index contributed by atoms with van der Waals surface area (Å²) in [5, 5.41) is 46.1. The number of fused-ring (bicyclic) bond motifs is 1. The molecule has 0 spiro atoms. The van der Waals surface area contributed by atoms with Gasteiger partial charge < -0.3 is 10.6 Å². The molecular formula is C23H15FN6O14S3. The standard InChI is InChI=1S/C23H15FN6O14S3/c24-15-8-18(21(30(34)35)9-20(15)29(32)33)26-12-1-2-16(17(5-12)25-10-31)27-28-19-7-14-11(4-23(19)47(40,41)42)3-13(45-44-43-36)6-22(14)46(37,38)39/h1-10,26,36H,(H,25,31)(H,37,38,39)(H,40,41,42). The summed E-state index contributed by atoms with van der Waals surface area (Å²) in [6.07, 6.45) is 0.186. The number of nitrogens with zero attached hydrogens (tertiary/aromatic N) is 4. The van der Waals surface area contributed by atoms with Crippen molar-refractivity contribution in [3.8, 4) is 0 Å². The Morgan fingerprint density at radius 1 is 0.851 bits per heavy atom. The third-order valence-corrected chi connectivity index (χ3v) is 8.23. The number of anilines is 3. The molecule has 1 amide bonds. The average molecular weight is 715 g/mol. The van der Waals surface area contributed by atoms with Crippen molar-refractivity contribution in [1.29, 1.82) is 0 Å². The molecule has 0 heterocycles. The molecule has 246 valence electrons. The molecule has 0 unspecified atom stereocenters. The number of carbonyl (C=O) groups excluding carboxylic acids is 1. The van der Waals surface area contributed by atoms with E-state index in [0.717, 1.165) is 36.4 Å². The maximum Gasteiger partial charge on any atom is 0.311 e. The molecule has 0 fully saturated rings. The van der Waals surface area contributed by atoms with Gasteiger partial charge >= 0.3 is 5.69 Å². The van der Waals surface area contributed by atoms with Gasteiger partial charge in [-0.15, -0.1) is 14.6 Å². The van der Waals surface area contributed by atoms with Crippen LogP contribution in [0.25, 0.3) is 10.8 Å². The number of amides is 1. The van der Waals surface area contributed by atoms with E-state index in [1.165, 1.54) is 6.07 Å². The van der Waals surface area contributed by atoms with Gasteiger partial charge in [0.1, 0.15) is 26.9 Å². The monoisotopic (exact) mass is 714 g/mol. The Kier molecular flexibility index (Phi) is 10.1. The number of hydrogen-bond donors (Lipinski definition) is 5. The predicted octanol–water partition coefficient (Wildman–Crippen LogP) is 5.44. The third kappa shape index (κ3) is 7.96. The van der Waals surface area contributed by atoms with Crippen molar-refractivity contribution >= 4 is 89.3 Å². The summed E-state index contributed by atoms with van der Waals surface area (Å²) < 4.78 is 86.8. The van der Waals surface area contributed by atoms with E-state index in [-0.39, 0.29) is 51.2 Å².